The number of carbonyl (C=O) groups excluding carboxylic acids is 4. The summed E-state index contributed by atoms with van der Waals surface area (Å²) in [4.78, 5) is 74.7. The smallest absolute Gasteiger partial charge is 0.327 e. The third-order valence-corrected chi connectivity index (χ3v) is 4.78. The van der Waals surface area contributed by atoms with Gasteiger partial charge < -0.3 is 49.1 Å². The molecule has 0 radical (unpaired) electrons. The van der Waals surface area contributed by atoms with Gasteiger partial charge in [-0.1, -0.05) is 0 Å². The summed E-state index contributed by atoms with van der Waals surface area (Å²) < 4.78 is 0. The predicted octanol–water partition coefficient (Wildman–Crippen LogP) is -4.42. The van der Waals surface area contributed by atoms with Crippen LogP contribution in [0.3, 0.4) is 0 Å². The molecular weight excluding hydrogens is 488 g/mol. The summed E-state index contributed by atoms with van der Waals surface area (Å²) in [5, 5.41) is 24.8. The molecule has 0 saturated carbocycles. The second-order valence-electron chi connectivity index (χ2n) is 7.36. The van der Waals surface area contributed by atoms with Gasteiger partial charge in [0.25, 0.3) is 0 Å². The maximum atomic E-state index is 12.9. The van der Waals surface area contributed by atoms with Gasteiger partial charge in [0.15, 0.2) is 5.96 Å². The molecule has 0 spiro atoms. The van der Waals surface area contributed by atoms with Gasteiger partial charge in [-0.25, -0.2) is 4.79 Å². The predicted molar refractivity (Wildman–Crippen MR) is 126 cm³/mol. The van der Waals surface area contributed by atoms with Crippen molar-refractivity contribution >= 4 is 54.2 Å². The van der Waals surface area contributed by atoms with Gasteiger partial charge in [-0.15, -0.1) is 0 Å². The highest BCUT2D eigenvalue weighted by molar-refractivity contribution is 7.80. The van der Waals surface area contributed by atoms with Crippen molar-refractivity contribution in [1.82, 2.24) is 16.0 Å². The molecular formula is C18H32N8O8S. The number of carboxylic acid groups (broad SMARTS) is 2. The Balaban J connectivity index is 5.60. The van der Waals surface area contributed by atoms with Crippen LogP contribution < -0.4 is 38.9 Å². The number of primary amides is 1. The molecule has 0 fully saturated rings. The Kier molecular flexibility index (Phi) is 14.4. The van der Waals surface area contributed by atoms with E-state index in [1.165, 1.54) is 0 Å². The Bertz CT molecular complexity index is 820. The minimum atomic E-state index is -1.48. The third-order valence-electron chi connectivity index (χ3n) is 4.42. The van der Waals surface area contributed by atoms with Crippen molar-refractivity contribution in [3.8, 4) is 0 Å². The lowest BCUT2D eigenvalue weighted by Crippen LogP contribution is -2.57. The van der Waals surface area contributed by atoms with Crippen molar-refractivity contribution in [3.05, 3.63) is 0 Å². The summed E-state index contributed by atoms with van der Waals surface area (Å²) in [5.41, 5.74) is 21.1. The van der Waals surface area contributed by atoms with Gasteiger partial charge >= 0.3 is 11.9 Å². The third kappa shape index (κ3) is 13.6. The fraction of sp³-hybridized carbons (Fsp3) is 0.611. The average Bonchev–Trinajstić information content (AvgIpc) is 2.75. The number of thiol groups is 1. The van der Waals surface area contributed by atoms with Crippen molar-refractivity contribution in [1.29, 1.82) is 0 Å². The summed E-state index contributed by atoms with van der Waals surface area (Å²) in [6.45, 7) is 0.1000. The van der Waals surface area contributed by atoms with E-state index < -0.39 is 66.2 Å². The first-order chi connectivity index (χ1) is 16.3. The molecule has 35 heavy (non-hydrogen) atoms. The number of rotatable bonds is 17. The molecule has 0 aliphatic carbocycles. The number of hydrogen-bond acceptors (Lipinski definition) is 9. The van der Waals surface area contributed by atoms with Gasteiger partial charge in [0, 0.05) is 18.7 Å². The van der Waals surface area contributed by atoms with Crippen LogP contribution in [0.1, 0.15) is 32.1 Å². The monoisotopic (exact) mass is 520 g/mol. The number of amides is 4. The molecule has 0 aromatic rings. The summed E-state index contributed by atoms with van der Waals surface area (Å²) >= 11 is 3.86. The molecule has 4 atom stereocenters. The fourth-order valence-corrected chi connectivity index (χ4v) is 2.86. The zero-order chi connectivity index (χ0) is 27.1. The molecule has 0 aromatic carbocycles. The maximum Gasteiger partial charge on any atom is 0.327 e. The number of nitrogens with two attached hydrogens (primary N) is 4. The fourth-order valence-electron chi connectivity index (χ4n) is 2.62. The van der Waals surface area contributed by atoms with Crippen molar-refractivity contribution < 1.29 is 39.0 Å². The maximum absolute atomic E-state index is 12.9. The Morgan fingerprint density at radius 3 is 1.80 bits per heavy atom. The van der Waals surface area contributed by atoms with E-state index in [1.54, 1.807) is 0 Å². The van der Waals surface area contributed by atoms with Gasteiger partial charge in [0.05, 0.1) is 12.5 Å². The molecule has 198 valence electrons. The average molecular weight is 521 g/mol. The van der Waals surface area contributed by atoms with E-state index in [9.17, 15) is 28.8 Å². The number of carboxylic acids is 2. The Labute approximate surface area is 206 Å². The van der Waals surface area contributed by atoms with Crippen LogP contribution in [0.25, 0.3) is 0 Å². The summed E-state index contributed by atoms with van der Waals surface area (Å²) in [7, 11) is 0. The number of aliphatic imine (C=N–C) groups is 1. The van der Waals surface area contributed by atoms with Crippen molar-refractivity contribution in [3.63, 3.8) is 0 Å². The van der Waals surface area contributed by atoms with E-state index in [0.29, 0.717) is 0 Å². The van der Waals surface area contributed by atoms with Crippen LogP contribution in [0.15, 0.2) is 4.99 Å². The van der Waals surface area contributed by atoms with E-state index in [1.807, 2.05) is 0 Å². The normalized spacial score (nSPS) is 13.9. The molecule has 17 heteroatoms. The second-order valence-corrected chi connectivity index (χ2v) is 7.73. The van der Waals surface area contributed by atoms with Crippen molar-refractivity contribution in [2.75, 3.05) is 12.3 Å². The topological polar surface area (TPSA) is 295 Å². The van der Waals surface area contributed by atoms with E-state index in [2.05, 4.69) is 33.6 Å². The zero-order valence-electron chi connectivity index (χ0n) is 18.8. The SMILES string of the molecule is NC(=O)CCC(NC(=O)C(N)CC(=O)O)C(=O)NC(CCCN=C(N)N)C(=O)NC(CS)C(=O)O. The lowest BCUT2D eigenvalue weighted by Gasteiger charge is -2.24. The molecule has 0 aliphatic heterocycles. The molecule has 0 aromatic heterocycles. The second kappa shape index (κ2) is 16.1. The van der Waals surface area contributed by atoms with Crippen LogP contribution >= 0.6 is 12.6 Å². The van der Waals surface area contributed by atoms with E-state index in [4.69, 9.17) is 33.1 Å². The molecule has 0 rings (SSSR count). The van der Waals surface area contributed by atoms with Gasteiger partial charge in [-0.2, -0.15) is 12.6 Å². The number of carbonyl (C=O) groups is 6. The van der Waals surface area contributed by atoms with Crippen LogP contribution in [0.4, 0.5) is 0 Å². The molecule has 0 bridgehead atoms. The molecule has 13 N–H and O–H groups in total. The molecule has 16 nitrogen and oxygen atoms in total. The minimum absolute atomic E-state index is 0.0255. The number of aliphatic carboxylic acids is 2. The zero-order valence-corrected chi connectivity index (χ0v) is 19.7. The molecule has 0 aliphatic rings. The quantitative estimate of drug-likeness (QED) is 0.0377. The van der Waals surface area contributed by atoms with Crippen molar-refractivity contribution in [2.24, 2.45) is 27.9 Å². The first kappa shape index (κ1) is 31.4. The lowest BCUT2D eigenvalue weighted by atomic mass is 10.1. The van der Waals surface area contributed by atoms with Gasteiger partial charge in [0.1, 0.15) is 18.1 Å². The number of guanidine groups is 1. The first-order valence-electron chi connectivity index (χ1n) is 10.3. The number of nitrogens with zero attached hydrogens (tertiary/aromatic N) is 1. The van der Waals surface area contributed by atoms with Gasteiger partial charge in [-0.3, -0.25) is 29.0 Å². The van der Waals surface area contributed by atoms with E-state index in [0.717, 1.165) is 0 Å². The van der Waals surface area contributed by atoms with E-state index in [-0.39, 0.29) is 43.9 Å². The van der Waals surface area contributed by atoms with Crippen LogP contribution in [0.2, 0.25) is 0 Å². The Hall–Kier alpha value is -3.60. The van der Waals surface area contributed by atoms with Gasteiger partial charge in [-0.05, 0) is 19.3 Å². The summed E-state index contributed by atoms with van der Waals surface area (Å²) in [5.74, 6) is -6.65. The minimum Gasteiger partial charge on any atom is -0.481 e. The molecule has 4 unspecified atom stereocenters. The lowest BCUT2D eigenvalue weighted by molar-refractivity contribution is -0.141. The van der Waals surface area contributed by atoms with Crippen LogP contribution in [-0.4, -0.2) is 88.2 Å². The highest BCUT2D eigenvalue weighted by atomic mass is 32.1. The Morgan fingerprint density at radius 2 is 1.34 bits per heavy atom. The molecule has 4 amide bonds. The summed E-state index contributed by atoms with van der Waals surface area (Å²) in [6.07, 6.45) is -1.14. The van der Waals surface area contributed by atoms with Gasteiger partial charge in [0.2, 0.25) is 23.6 Å². The highest BCUT2D eigenvalue weighted by Gasteiger charge is 2.30. The molecule has 0 saturated heterocycles. The van der Waals surface area contributed by atoms with E-state index >= 15 is 0 Å². The number of hydrogen-bond donors (Lipinski definition) is 10. The van der Waals surface area contributed by atoms with Crippen LogP contribution in [0, 0.1) is 0 Å². The first-order valence-corrected chi connectivity index (χ1v) is 11.0. The van der Waals surface area contributed by atoms with Crippen molar-refractivity contribution in [2.45, 2.75) is 56.3 Å². The standard InChI is InChI=1S/C18H32N8O8S/c19-8(6-13(28)29)14(30)24-10(3-4-12(20)27)16(32)25-9(2-1-5-23-18(21)22)15(31)26-11(7-35)17(33)34/h8-11,35H,1-7,19H2,(H2,20,27)(H,24,30)(H,25,32)(H,26,31)(H,28,29)(H,33,34)(H4,21,22,23). The number of nitrogens with one attached hydrogen (secondary N) is 3. The molecule has 0 heterocycles. The Morgan fingerprint density at radius 1 is 0.829 bits per heavy atom. The highest BCUT2D eigenvalue weighted by Crippen LogP contribution is 2.05. The largest absolute Gasteiger partial charge is 0.481 e. The van der Waals surface area contributed by atoms with Crippen LogP contribution in [-0.2, 0) is 28.8 Å². The summed E-state index contributed by atoms with van der Waals surface area (Å²) in [6, 6.07) is -5.51. The van der Waals surface area contributed by atoms with Crippen LogP contribution in [0.5, 0.6) is 0 Å².